The van der Waals surface area contributed by atoms with Crippen molar-refractivity contribution in [1.82, 2.24) is 25.3 Å². The van der Waals surface area contributed by atoms with Crippen LogP contribution in [-0.4, -0.2) is 95.9 Å². The third kappa shape index (κ3) is 10.2. The standard InChI is InChI=1S/C78H76N8O10/c1-15-46-35(3)53-32-57-65(42(10)87)40(8)71(82-57)49(69-36(4)47(25-27-63(91)95-13)73(85-69)51-29-59(89)67-38(6)54(80-75(51)67)31-56(46)79-53)23-21-44-17-19-45(20-18-44)22-24-50-70-37(5)48(26-28-64(92)96-14)74(86-70)52-30-60(90)68-39(7)55(81-76(52)68)33-62-78(94,16-2)77(12,93)61(84-62)34-58-66(43(11)88)41(9)72(50)83-58/h17-20,31-34,36-37,47-48,81,83,85,89,93-94H,15-16,25-30H2,1-14H3/t36-,37-,47-,48-,77?,78?/m0/s1. The summed E-state index contributed by atoms with van der Waals surface area (Å²) >= 11 is 0. The lowest BCUT2D eigenvalue weighted by molar-refractivity contribution is -0.148. The van der Waals surface area contributed by atoms with Gasteiger partial charge in [0.2, 0.25) is 0 Å². The number of aliphatic hydroxyl groups is 3. The van der Waals surface area contributed by atoms with Crippen molar-refractivity contribution in [3.8, 4) is 23.7 Å². The molecule has 0 amide bonds. The van der Waals surface area contributed by atoms with E-state index in [1.54, 1.807) is 19.1 Å². The van der Waals surface area contributed by atoms with Crippen LogP contribution in [0.3, 0.4) is 0 Å². The van der Waals surface area contributed by atoms with Gasteiger partial charge in [-0.3, -0.25) is 33.9 Å². The number of carbonyl (C=O) groups excluding carboxylic acids is 5. The predicted molar refractivity (Wildman–Crippen MR) is 367 cm³/mol. The lowest BCUT2D eigenvalue weighted by Crippen LogP contribution is -2.43. The molecule has 0 saturated carbocycles. The quantitative estimate of drug-likeness (QED) is 0.0490. The number of aromatic nitrogens is 4. The van der Waals surface area contributed by atoms with E-state index in [0.717, 1.165) is 39.4 Å². The Morgan fingerprint density at radius 1 is 0.698 bits per heavy atom. The topological polar surface area (TPSA) is 271 Å². The summed E-state index contributed by atoms with van der Waals surface area (Å²) in [5.41, 5.74) is 15.2. The smallest absolute Gasteiger partial charge is 0.305 e. The van der Waals surface area contributed by atoms with Gasteiger partial charge < -0.3 is 40.1 Å². The minimum atomic E-state index is -1.93. The minimum Gasteiger partial charge on any atom is -0.511 e. The summed E-state index contributed by atoms with van der Waals surface area (Å²) in [6.07, 6.45) is 5.83. The second-order valence-electron chi connectivity index (χ2n) is 26.6. The van der Waals surface area contributed by atoms with Crippen molar-refractivity contribution in [1.29, 1.82) is 0 Å². The third-order valence-corrected chi connectivity index (χ3v) is 21.2. The first kappa shape index (κ1) is 64.6. The highest BCUT2D eigenvalue weighted by atomic mass is 16.5. The van der Waals surface area contributed by atoms with E-state index in [2.05, 4.69) is 52.8 Å². The van der Waals surface area contributed by atoms with Gasteiger partial charge in [-0.05, 0) is 163 Å². The van der Waals surface area contributed by atoms with Gasteiger partial charge in [0.15, 0.2) is 17.3 Å². The van der Waals surface area contributed by atoms with E-state index in [-0.39, 0.29) is 96.2 Å². The highest BCUT2D eigenvalue weighted by molar-refractivity contribution is 6.25. The number of benzene rings is 1. The van der Waals surface area contributed by atoms with Crippen LogP contribution in [0.2, 0.25) is 0 Å². The van der Waals surface area contributed by atoms with Crippen LogP contribution in [-0.2, 0) is 41.5 Å². The minimum absolute atomic E-state index is 0.0466. The van der Waals surface area contributed by atoms with Gasteiger partial charge in [-0.15, -0.1) is 0 Å². The SMILES string of the molecule is CCC1=C(C)C2=NC1=CC1=C(C)C3=C(O)CC(=C4NC(=C(C#Cc5ccc(C#Cc6c7nc(c8c9[nH]c(cc%10nc(cc%11[nH]c6c(C)c%11C(C)=O)C(C)(O)C%10(O)CC)c(C)c9C(=O)C8)[C@@H](CCC(=O)OC)[C@@H]7C)cc5)C5=NC(=C2)C(C(C)=O)=C5C)[C@@H](C)[C@@H]4CCC(=O)OC)C3=N1. The van der Waals surface area contributed by atoms with E-state index in [9.17, 15) is 39.3 Å². The number of rotatable bonds is 10. The van der Waals surface area contributed by atoms with Gasteiger partial charge in [0.05, 0.1) is 98.9 Å². The molecule has 4 aromatic rings. The van der Waals surface area contributed by atoms with E-state index in [4.69, 9.17) is 34.4 Å². The molecule has 3 aromatic heterocycles. The fourth-order valence-electron chi connectivity index (χ4n) is 15.7. The second-order valence-corrected chi connectivity index (χ2v) is 26.6. The van der Waals surface area contributed by atoms with Crippen LogP contribution >= 0.6 is 0 Å². The molecule has 0 spiro atoms. The molecule has 10 heterocycles. The van der Waals surface area contributed by atoms with Crippen molar-refractivity contribution in [2.24, 2.45) is 26.8 Å². The zero-order valence-corrected chi connectivity index (χ0v) is 56.5. The van der Waals surface area contributed by atoms with Crippen molar-refractivity contribution in [3.05, 3.63) is 195 Å². The summed E-state index contributed by atoms with van der Waals surface area (Å²) in [5.74, 6) is 11.4. The Morgan fingerprint density at radius 3 is 2.00 bits per heavy atom. The van der Waals surface area contributed by atoms with Gasteiger partial charge in [0.1, 0.15) is 17.0 Å². The zero-order valence-electron chi connectivity index (χ0n) is 56.5. The number of H-pyrrole nitrogens is 2. The Balaban J connectivity index is 0.993. The number of hydrogen-bond donors (Lipinski definition) is 6. The van der Waals surface area contributed by atoms with E-state index < -0.39 is 17.2 Å². The molecule has 2 unspecified atom stereocenters. The predicted octanol–water partition coefficient (Wildman–Crippen LogP) is 12.6. The van der Waals surface area contributed by atoms with Crippen molar-refractivity contribution in [2.45, 2.75) is 157 Å². The van der Waals surface area contributed by atoms with Crippen LogP contribution in [0.5, 0.6) is 0 Å². The van der Waals surface area contributed by atoms with Crippen LogP contribution < -0.4 is 5.32 Å². The molecule has 6 N–H and O–H groups in total. The van der Waals surface area contributed by atoms with Crippen molar-refractivity contribution >= 4 is 68.5 Å². The molecule has 13 rings (SSSR count). The fraction of sp³-hybridized carbons (Fsp3) is 0.359. The number of allylic oxidation sites excluding steroid dienone is 12. The molecule has 9 aliphatic rings. The van der Waals surface area contributed by atoms with Crippen LogP contribution in [0.25, 0.3) is 22.1 Å². The summed E-state index contributed by atoms with van der Waals surface area (Å²) in [6, 6.07) is 10.7. The second kappa shape index (κ2) is 23.9. The maximum absolute atomic E-state index is 14.3. The van der Waals surface area contributed by atoms with E-state index >= 15 is 0 Å². The summed E-state index contributed by atoms with van der Waals surface area (Å²) in [5, 5.41) is 40.4. The van der Waals surface area contributed by atoms with Crippen LogP contribution in [0.1, 0.15) is 203 Å². The van der Waals surface area contributed by atoms with Gasteiger partial charge in [-0.25, -0.2) is 15.0 Å². The van der Waals surface area contributed by atoms with Crippen molar-refractivity contribution in [3.63, 3.8) is 0 Å². The monoisotopic (exact) mass is 1280 g/mol. The normalized spacial score (nSPS) is 23.0. The van der Waals surface area contributed by atoms with E-state index in [1.807, 2.05) is 78.0 Å². The van der Waals surface area contributed by atoms with E-state index in [1.165, 1.54) is 35.0 Å². The first-order chi connectivity index (χ1) is 45.7. The fourth-order valence-corrected chi connectivity index (χ4v) is 15.7. The number of fused-ring (bicyclic) bond motifs is 13. The van der Waals surface area contributed by atoms with Crippen molar-refractivity contribution < 1.29 is 48.8 Å². The molecule has 488 valence electrons. The highest BCUT2D eigenvalue weighted by Gasteiger charge is 2.53. The molecule has 18 nitrogen and oxygen atoms in total. The van der Waals surface area contributed by atoms with Crippen LogP contribution in [0.4, 0.5) is 0 Å². The average Bonchev–Trinajstić information content (AvgIpc) is 1.57. The molecule has 6 atom stereocenters. The maximum atomic E-state index is 14.3. The zero-order chi connectivity index (χ0) is 68.5. The summed E-state index contributed by atoms with van der Waals surface area (Å²) in [6.45, 7) is 22.0. The Labute approximate surface area is 556 Å². The lowest BCUT2D eigenvalue weighted by atomic mass is 9.80. The molecule has 7 aliphatic heterocycles. The van der Waals surface area contributed by atoms with Gasteiger partial charge in [0.25, 0.3) is 0 Å². The Morgan fingerprint density at radius 2 is 1.35 bits per heavy atom. The molecular weight excluding hydrogens is 1210 g/mol. The number of ketones is 3. The number of ether oxygens (including phenoxy) is 2. The third-order valence-electron chi connectivity index (χ3n) is 21.2. The number of nitrogens with zero attached hydrogens (tertiary/aromatic N) is 5. The summed E-state index contributed by atoms with van der Waals surface area (Å²) < 4.78 is 10.3. The summed E-state index contributed by atoms with van der Waals surface area (Å²) in [4.78, 5) is 101. The number of Topliss-reactive ketones (excluding diaryl/α,β-unsaturated/α-hetero) is 3. The molecule has 0 radical (unpaired) electrons. The Bertz CT molecular complexity index is 5010. The van der Waals surface area contributed by atoms with Crippen LogP contribution in [0.15, 0.2) is 142 Å². The van der Waals surface area contributed by atoms with Crippen LogP contribution in [0, 0.1) is 49.4 Å². The molecule has 2 aliphatic carbocycles. The van der Waals surface area contributed by atoms with Gasteiger partial charge in [-0.1, -0.05) is 51.4 Å². The highest BCUT2D eigenvalue weighted by Crippen LogP contribution is 2.51. The largest absolute Gasteiger partial charge is 0.511 e. The number of aliphatic hydroxyl groups excluding tert-OH is 1. The molecule has 16 bridgehead atoms. The molecule has 1 saturated heterocycles. The molecule has 1 aromatic carbocycles. The summed E-state index contributed by atoms with van der Waals surface area (Å²) in [7, 11) is 2.72. The van der Waals surface area contributed by atoms with Crippen molar-refractivity contribution in [2.75, 3.05) is 14.2 Å². The van der Waals surface area contributed by atoms with Gasteiger partial charge >= 0.3 is 11.9 Å². The number of carbonyl (C=O) groups is 5. The maximum Gasteiger partial charge on any atom is 0.305 e. The molecule has 1 fully saturated rings. The first-order valence-electron chi connectivity index (χ1n) is 32.8. The van der Waals surface area contributed by atoms with Gasteiger partial charge in [0, 0.05) is 111 Å². The molecular formula is C78H76N8O10. The number of esters is 2. The number of aromatic amines is 2. The molecule has 96 heavy (non-hydrogen) atoms. The van der Waals surface area contributed by atoms with E-state index in [0.29, 0.717) is 148 Å². The number of nitrogens with one attached hydrogen (secondary N) is 3. The average molecular weight is 1290 g/mol. The van der Waals surface area contributed by atoms with Gasteiger partial charge in [-0.2, -0.15) is 0 Å². The first-order valence-corrected chi connectivity index (χ1v) is 32.8. The number of hydrogen-bond acceptors (Lipinski definition) is 16. The molecule has 18 heteroatoms. The number of aliphatic imine (C=N–C) groups is 3. The lowest BCUT2D eigenvalue weighted by Gasteiger charge is -2.34. The Hall–Kier alpha value is -10.1. The number of aryl methyl sites for hydroxylation is 2. The Kier molecular flexibility index (Phi) is 16.1. The number of methoxy groups -OCH3 is 2.